The maximum absolute atomic E-state index is 13.1. The maximum Gasteiger partial charge on any atom is 0.335 e. The Bertz CT molecular complexity index is 1600. The molecule has 3 atom stereocenters. The highest BCUT2D eigenvalue weighted by molar-refractivity contribution is 7.99. The van der Waals surface area contributed by atoms with Crippen LogP contribution in [0.3, 0.4) is 0 Å². The third-order valence-corrected chi connectivity index (χ3v) is 8.49. The molecule has 0 bridgehead atoms. The lowest BCUT2D eigenvalue weighted by molar-refractivity contribution is -0.245. The van der Waals surface area contributed by atoms with Gasteiger partial charge in [0.25, 0.3) is 11.8 Å². The van der Waals surface area contributed by atoms with Gasteiger partial charge in [0.2, 0.25) is 0 Å². The third kappa shape index (κ3) is 5.60. The van der Waals surface area contributed by atoms with Crippen LogP contribution in [0.1, 0.15) is 66.6 Å². The molecule has 0 saturated carbocycles. The van der Waals surface area contributed by atoms with Crippen LogP contribution in [0.15, 0.2) is 102 Å². The van der Waals surface area contributed by atoms with E-state index in [0.29, 0.717) is 34.6 Å². The summed E-state index contributed by atoms with van der Waals surface area (Å²) < 4.78 is 12.9. The van der Waals surface area contributed by atoms with Gasteiger partial charge in [0.15, 0.2) is 6.29 Å². The molecule has 2 aliphatic heterocycles. The molecule has 4 aromatic carbocycles. The number of nitrogens with zero attached hydrogens (tertiary/aromatic N) is 1. The number of aliphatic hydroxyl groups excluding tert-OH is 1. The van der Waals surface area contributed by atoms with E-state index in [1.165, 1.54) is 4.90 Å². The number of carboxylic acid groups (broad SMARTS) is 1. The predicted octanol–water partition coefficient (Wildman–Crippen LogP) is 6.02. The molecule has 0 aromatic heterocycles. The first kappa shape index (κ1) is 27.9. The van der Waals surface area contributed by atoms with Crippen molar-refractivity contribution in [2.45, 2.75) is 36.4 Å². The van der Waals surface area contributed by atoms with Crippen molar-refractivity contribution in [1.29, 1.82) is 0 Å². The predicted molar refractivity (Wildman–Crippen MR) is 157 cm³/mol. The van der Waals surface area contributed by atoms with E-state index in [-0.39, 0.29) is 36.2 Å². The third-order valence-electron chi connectivity index (χ3n) is 7.35. The van der Waals surface area contributed by atoms with Crippen molar-refractivity contribution in [3.63, 3.8) is 0 Å². The van der Waals surface area contributed by atoms with Crippen molar-refractivity contribution in [3.05, 3.63) is 130 Å². The number of hydrogen-bond donors (Lipinski definition) is 2. The summed E-state index contributed by atoms with van der Waals surface area (Å²) in [4.78, 5) is 39.5. The van der Waals surface area contributed by atoms with Crippen LogP contribution in [0.25, 0.3) is 0 Å². The average Bonchev–Trinajstić information content (AvgIpc) is 3.29. The molecule has 9 heteroatoms. The number of carbonyl (C=O) groups is 3. The van der Waals surface area contributed by atoms with Crippen LogP contribution in [0.4, 0.5) is 5.69 Å². The van der Waals surface area contributed by atoms with Crippen LogP contribution in [-0.2, 0) is 16.1 Å². The van der Waals surface area contributed by atoms with E-state index in [1.807, 2.05) is 30.3 Å². The van der Waals surface area contributed by atoms with Gasteiger partial charge >= 0.3 is 5.97 Å². The largest absolute Gasteiger partial charge is 0.478 e. The van der Waals surface area contributed by atoms with Crippen LogP contribution >= 0.6 is 11.8 Å². The molecule has 0 radical (unpaired) electrons. The molecule has 0 aliphatic carbocycles. The Labute approximate surface area is 246 Å². The Morgan fingerprint density at radius 3 is 2.17 bits per heavy atom. The Morgan fingerprint density at radius 2 is 1.52 bits per heavy atom. The van der Waals surface area contributed by atoms with Gasteiger partial charge in [0.05, 0.1) is 41.2 Å². The van der Waals surface area contributed by atoms with Gasteiger partial charge in [0.1, 0.15) is 0 Å². The lowest BCUT2D eigenvalue weighted by Gasteiger charge is -2.36. The Balaban J connectivity index is 1.25. The molecule has 2 heterocycles. The topological polar surface area (TPSA) is 113 Å². The number of imide groups is 1. The fraction of sp³-hybridized carbons (Fsp3) is 0.182. The Hall–Kier alpha value is -4.28. The molecule has 0 spiro atoms. The van der Waals surface area contributed by atoms with Crippen LogP contribution in [0, 0.1) is 0 Å². The molecule has 212 valence electrons. The van der Waals surface area contributed by atoms with Crippen molar-refractivity contribution in [3.8, 4) is 0 Å². The van der Waals surface area contributed by atoms with Gasteiger partial charge in [-0.15, -0.1) is 11.8 Å². The zero-order valence-corrected chi connectivity index (χ0v) is 23.2. The lowest BCUT2D eigenvalue weighted by Crippen LogP contribution is -2.32. The number of ether oxygens (including phenoxy) is 2. The van der Waals surface area contributed by atoms with Crippen molar-refractivity contribution in [2.24, 2.45) is 0 Å². The summed E-state index contributed by atoms with van der Waals surface area (Å²) in [6.45, 7) is -0.0535. The van der Waals surface area contributed by atoms with E-state index in [2.05, 4.69) is 0 Å². The normalized spacial score (nSPS) is 20.0. The lowest BCUT2D eigenvalue weighted by atomic mass is 10.0. The summed E-state index contributed by atoms with van der Waals surface area (Å²) >= 11 is 1.56. The Morgan fingerprint density at radius 1 is 0.833 bits per heavy atom. The number of thioether (sulfide) groups is 1. The minimum Gasteiger partial charge on any atom is -0.478 e. The fourth-order valence-corrected chi connectivity index (χ4v) is 6.06. The zero-order chi connectivity index (χ0) is 29.2. The summed E-state index contributed by atoms with van der Waals surface area (Å²) in [6.07, 6.45) is -0.720. The molecule has 1 fully saturated rings. The number of hydrogen-bond acceptors (Lipinski definition) is 7. The molecule has 6 rings (SSSR count). The summed E-state index contributed by atoms with van der Waals surface area (Å²) in [6, 6.07) is 28.2. The van der Waals surface area contributed by atoms with Gasteiger partial charge in [-0.05, 0) is 59.7 Å². The highest BCUT2D eigenvalue weighted by Gasteiger charge is 2.37. The van der Waals surface area contributed by atoms with Gasteiger partial charge in [-0.3, -0.25) is 9.59 Å². The van der Waals surface area contributed by atoms with Crippen molar-refractivity contribution in [1.82, 2.24) is 0 Å². The number of carbonyl (C=O) groups excluding carboxylic acids is 2. The molecule has 2 N–H and O–H groups in total. The number of aliphatic hydroxyl groups is 1. The van der Waals surface area contributed by atoms with Crippen molar-refractivity contribution in [2.75, 3.05) is 10.7 Å². The van der Waals surface area contributed by atoms with E-state index in [9.17, 15) is 24.6 Å². The minimum absolute atomic E-state index is 0.0535. The van der Waals surface area contributed by atoms with Gasteiger partial charge in [-0.2, -0.15) is 0 Å². The molecule has 8 nitrogen and oxygen atoms in total. The summed E-state index contributed by atoms with van der Waals surface area (Å²) in [5, 5.41) is 18.7. The number of anilines is 1. The second-order valence-electron chi connectivity index (χ2n) is 10.1. The Kier molecular flexibility index (Phi) is 7.90. The second kappa shape index (κ2) is 11.9. The summed E-state index contributed by atoms with van der Waals surface area (Å²) in [5.74, 6) is -1.12. The van der Waals surface area contributed by atoms with Crippen LogP contribution in [0.5, 0.6) is 0 Å². The van der Waals surface area contributed by atoms with E-state index in [1.54, 1.807) is 78.5 Å². The quantitative estimate of drug-likeness (QED) is 0.192. The van der Waals surface area contributed by atoms with E-state index >= 15 is 0 Å². The molecular weight excluding hydrogens is 554 g/mol. The maximum atomic E-state index is 13.1. The molecule has 4 aromatic rings. The van der Waals surface area contributed by atoms with Gasteiger partial charge in [0, 0.05) is 22.6 Å². The SMILES string of the molecule is O=C(O)c1ccc(SCC2CC(c3ccc(CO)cc3)OC(c3cccc(N4C(=O)c5ccccc5C4=O)c3)O2)cc1. The molecule has 2 amide bonds. The number of rotatable bonds is 8. The standard InChI is InChI=1S/C33H27NO7S/c35-18-20-8-10-21(11-9-20)29-17-25(19-42-26-14-12-22(13-15-26)32(38)39)40-33(41-29)23-4-3-5-24(16-23)34-30(36)27-6-1-2-7-28(27)31(34)37/h1-16,25,29,33,35H,17-19H2,(H,38,39). The zero-order valence-electron chi connectivity index (χ0n) is 22.4. The number of aromatic carboxylic acids is 1. The number of fused-ring (bicyclic) bond motifs is 1. The monoisotopic (exact) mass is 581 g/mol. The highest BCUT2D eigenvalue weighted by Crippen LogP contribution is 2.40. The highest BCUT2D eigenvalue weighted by atomic mass is 32.2. The molecule has 2 aliphatic rings. The van der Waals surface area contributed by atoms with Crippen molar-refractivity contribution >= 4 is 35.2 Å². The first-order valence-corrected chi connectivity index (χ1v) is 14.4. The van der Waals surface area contributed by atoms with E-state index in [4.69, 9.17) is 9.47 Å². The first-order valence-electron chi connectivity index (χ1n) is 13.5. The molecule has 3 unspecified atom stereocenters. The van der Waals surface area contributed by atoms with Crippen molar-refractivity contribution < 1.29 is 34.1 Å². The number of carboxylic acids is 1. The van der Waals surface area contributed by atoms with Gasteiger partial charge < -0.3 is 19.7 Å². The summed E-state index contributed by atoms with van der Waals surface area (Å²) in [5.41, 5.74) is 3.82. The second-order valence-corrected chi connectivity index (χ2v) is 11.2. The first-order chi connectivity index (χ1) is 20.4. The van der Waals surface area contributed by atoms with E-state index in [0.717, 1.165) is 16.0 Å². The fourth-order valence-electron chi connectivity index (χ4n) is 5.14. The molecule has 1 saturated heterocycles. The van der Waals surface area contributed by atoms with Crippen LogP contribution < -0.4 is 4.90 Å². The molecular formula is C33H27NO7S. The van der Waals surface area contributed by atoms with E-state index < -0.39 is 12.3 Å². The minimum atomic E-state index is -0.972. The van der Waals surface area contributed by atoms with Gasteiger partial charge in [-0.1, -0.05) is 48.5 Å². The smallest absolute Gasteiger partial charge is 0.335 e. The van der Waals surface area contributed by atoms with Crippen LogP contribution in [0.2, 0.25) is 0 Å². The number of amides is 2. The average molecular weight is 582 g/mol. The van der Waals surface area contributed by atoms with Crippen LogP contribution in [-0.4, -0.2) is 39.9 Å². The van der Waals surface area contributed by atoms with Gasteiger partial charge in [-0.25, -0.2) is 9.69 Å². The molecule has 42 heavy (non-hydrogen) atoms. The number of benzene rings is 4. The summed E-state index contributed by atoms with van der Waals surface area (Å²) in [7, 11) is 0.